The fourth-order valence-electron chi connectivity index (χ4n) is 3.12. The van der Waals surface area contributed by atoms with Crippen LogP contribution in [0, 0.1) is 5.92 Å². The molecule has 0 heterocycles. The number of halogens is 1. The molecule has 1 fully saturated rings. The minimum Gasteiger partial charge on any atom is -0.352 e. The van der Waals surface area contributed by atoms with Gasteiger partial charge in [0.05, 0.1) is 0 Å². The Hall–Kier alpha value is -1.35. The minimum absolute atomic E-state index is 0.0439. The molecule has 0 spiro atoms. The molecule has 110 valence electrons. The number of fused-ring (bicyclic) bond motifs is 1. The smallest absolute Gasteiger partial charge is 0.251 e. The molecule has 1 saturated carbocycles. The summed E-state index contributed by atoms with van der Waals surface area (Å²) in [5.74, 6) is 0.708. The molecular formula is C18H20BrNO. The highest BCUT2D eigenvalue weighted by Crippen LogP contribution is 2.25. The highest BCUT2D eigenvalue weighted by atomic mass is 79.9. The largest absolute Gasteiger partial charge is 0.352 e. The monoisotopic (exact) mass is 345 g/mol. The second-order valence-corrected chi connectivity index (χ2v) is 6.74. The van der Waals surface area contributed by atoms with E-state index in [4.69, 9.17) is 0 Å². The molecule has 1 amide bonds. The molecule has 1 aliphatic carbocycles. The highest BCUT2D eigenvalue weighted by Gasteiger charge is 2.15. The van der Waals surface area contributed by atoms with Gasteiger partial charge in [-0.15, -0.1) is 0 Å². The number of amides is 1. The Balaban J connectivity index is 1.69. The zero-order valence-corrected chi connectivity index (χ0v) is 13.7. The van der Waals surface area contributed by atoms with Crippen molar-refractivity contribution < 1.29 is 4.79 Å². The van der Waals surface area contributed by atoms with Crippen LogP contribution in [0.3, 0.4) is 0 Å². The van der Waals surface area contributed by atoms with Gasteiger partial charge in [0.1, 0.15) is 0 Å². The van der Waals surface area contributed by atoms with E-state index in [1.165, 1.54) is 32.1 Å². The van der Waals surface area contributed by atoms with E-state index in [9.17, 15) is 4.79 Å². The zero-order valence-electron chi connectivity index (χ0n) is 12.1. The second kappa shape index (κ2) is 6.61. The van der Waals surface area contributed by atoms with Crippen LogP contribution >= 0.6 is 15.9 Å². The van der Waals surface area contributed by atoms with Crippen LogP contribution in [0.5, 0.6) is 0 Å². The van der Waals surface area contributed by atoms with Crippen LogP contribution in [-0.4, -0.2) is 12.5 Å². The van der Waals surface area contributed by atoms with Gasteiger partial charge in [-0.05, 0) is 47.7 Å². The Kier molecular flexibility index (Phi) is 4.59. The summed E-state index contributed by atoms with van der Waals surface area (Å²) in [7, 11) is 0. The SMILES string of the molecule is O=C(NCC1CCCCC1)c1ccc2c(Br)cccc2c1. The molecule has 3 rings (SSSR count). The molecule has 0 unspecified atom stereocenters. The van der Waals surface area contributed by atoms with E-state index >= 15 is 0 Å². The van der Waals surface area contributed by atoms with Crippen molar-refractivity contribution in [3.8, 4) is 0 Å². The molecule has 0 radical (unpaired) electrons. The fourth-order valence-corrected chi connectivity index (χ4v) is 3.63. The fraction of sp³-hybridized carbons (Fsp3) is 0.389. The van der Waals surface area contributed by atoms with Gasteiger partial charge in [-0.1, -0.05) is 53.4 Å². The van der Waals surface area contributed by atoms with Gasteiger partial charge in [0.2, 0.25) is 0 Å². The van der Waals surface area contributed by atoms with Gasteiger partial charge < -0.3 is 5.32 Å². The third-order valence-electron chi connectivity index (χ3n) is 4.37. The number of rotatable bonds is 3. The molecule has 0 bridgehead atoms. The van der Waals surface area contributed by atoms with Crippen LogP contribution in [0.4, 0.5) is 0 Å². The van der Waals surface area contributed by atoms with Gasteiger partial charge in [0.15, 0.2) is 0 Å². The van der Waals surface area contributed by atoms with Crippen LogP contribution in [0.1, 0.15) is 42.5 Å². The standard InChI is InChI=1S/C18H20BrNO/c19-17-8-4-7-14-11-15(9-10-16(14)17)18(21)20-12-13-5-2-1-3-6-13/h4,7-11,13H,1-3,5-6,12H2,(H,20,21). The van der Waals surface area contributed by atoms with Gasteiger partial charge in [0, 0.05) is 16.6 Å². The lowest BCUT2D eigenvalue weighted by Gasteiger charge is -2.21. The lowest BCUT2D eigenvalue weighted by atomic mass is 9.89. The summed E-state index contributed by atoms with van der Waals surface area (Å²) >= 11 is 3.54. The molecule has 0 saturated heterocycles. The van der Waals surface area contributed by atoms with E-state index in [0.717, 1.165) is 27.4 Å². The molecule has 2 aromatic rings. The lowest BCUT2D eigenvalue weighted by Crippen LogP contribution is -2.30. The van der Waals surface area contributed by atoms with Crippen molar-refractivity contribution in [2.75, 3.05) is 6.54 Å². The van der Waals surface area contributed by atoms with Gasteiger partial charge in [-0.25, -0.2) is 0 Å². The summed E-state index contributed by atoms with van der Waals surface area (Å²) in [6, 6.07) is 11.9. The topological polar surface area (TPSA) is 29.1 Å². The van der Waals surface area contributed by atoms with Crippen molar-refractivity contribution in [3.05, 3.63) is 46.4 Å². The zero-order chi connectivity index (χ0) is 14.7. The second-order valence-electron chi connectivity index (χ2n) is 5.89. The normalized spacial score (nSPS) is 16.0. The van der Waals surface area contributed by atoms with Crippen LogP contribution in [0.2, 0.25) is 0 Å². The maximum absolute atomic E-state index is 12.3. The first-order chi connectivity index (χ1) is 10.2. The third kappa shape index (κ3) is 3.46. The Morgan fingerprint density at radius 3 is 2.76 bits per heavy atom. The maximum Gasteiger partial charge on any atom is 0.251 e. The minimum atomic E-state index is 0.0439. The third-order valence-corrected chi connectivity index (χ3v) is 5.06. The highest BCUT2D eigenvalue weighted by molar-refractivity contribution is 9.10. The number of carbonyl (C=O) groups is 1. The molecule has 0 aromatic heterocycles. The molecule has 2 nitrogen and oxygen atoms in total. The molecule has 0 atom stereocenters. The van der Waals surface area contributed by atoms with Crippen molar-refractivity contribution in [1.82, 2.24) is 5.32 Å². The van der Waals surface area contributed by atoms with E-state index in [2.05, 4.69) is 21.2 Å². The van der Waals surface area contributed by atoms with E-state index < -0.39 is 0 Å². The lowest BCUT2D eigenvalue weighted by molar-refractivity contribution is 0.0943. The summed E-state index contributed by atoms with van der Waals surface area (Å²) in [5.41, 5.74) is 0.747. The van der Waals surface area contributed by atoms with Crippen molar-refractivity contribution in [2.24, 2.45) is 5.92 Å². The first-order valence-electron chi connectivity index (χ1n) is 7.70. The van der Waals surface area contributed by atoms with E-state index in [-0.39, 0.29) is 5.91 Å². The molecule has 21 heavy (non-hydrogen) atoms. The van der Waals surface area contributed by atoms with E-state index in [0.29, 0.717) is 5.92 Å². The Morgan fingerprint density at radius 2 is 1.95 bits per heavy atom. The summed E-state index contributed by atoms with van der Waals surface area (Å²) in [4.78, 5) is 12.3. The van der Waals surface area contributed by atoms with E-state index in [1.54, 1.807) is 0 Å². The van der Waals surface area contributed by atoms with Gasteiger partial charge >= 0.3 is 0 Å². The Bertz CT molecular complexity index is 647. The Morgan fingerprint density at radius 1 is 1.14 bits per heavy atom. The summed E-state index contributed by atoms with van der Waals surface area (Å²) in [6.45, 7) is 0.815. The van der Waals surface area contributed by atoms with Crippen LogP contribution in [0.25, 0.3) is 10.8 Å². The Labute approximate surface area is 134 Å². The molecular weight excluding hydrogens is 326 g/mol. The number of hydrogen-bond acceptors (Lipinski definition) is 1. The maximum atomic E-state index is 12.3. The van der Waals surface area contributed by atoms with Gasteiger partial charge in [-0.3, -0.25) is 4.79 Å². The molecule has 0 aliphatic heterocycles. The molecule has 3 heteroatoms. The number of benzene rings is 2. The van der Waals surface area contributed by atoms with Crippen molar-refractivity contribution >= 4 is 32.6 Å². The quantitative estimate of drug-likeness (QED) is 0.840. The average molecular weight is 346 g/mol. The van der Waals surface area contributed by atoms with E-state index in [1.807, 2.05) is 36.4 Å². The van der Waals surface area contributed by atoms with Crippen molar-refractivity contribution in [1.29, 1.82) is 0 Å². The number of nitrogens with one attached hydrogen (secondary N) is 1. The predicted molar refractivity (Wildman–Crippen MR) is 90.6 cm³/mol. The molecule has 1 N–H and O–H groups in total. The molecule has 2 aromatic carbocycles. The van der Waals surface area contributed by atoms with Crippen LogP contribution < -0.4 is 5.32 Å². The summed E-state index contributed by atoms with van der Waals surface area (Å²) in [5, 5.41) is 5.33. The average Bonchev–Trinajstić information content (AvgIpc) is 2.53. The van der Waals surface area contributed by atoms with Crippen molar-refractivity contribution in [2.45, 2.75) is 32.1 Å². The first kappa shape index (κ1) is 14.6. The van der Waals surface area contributed by atoms with Gasteiger partial charge in [0.25, 0.3) is 5.91 Å². The summed E-state index contributed by atoms with van der Waals surface area (Å²) < 4.78 is 1.06. The predicted octanol–water partition coefficient (Wildman–Crippen LogP) is 4.91. The number of carbonyl (C=O) groups excluding carboxylic acids is 1. The van der Waals surface area contributed by atoms with Crippen LogP contribution in [-0.2, 0) is 0 Å². The molecule has 1 aliphatic rings. The van der Waals surface area contributed by atoms with Crippen molar-refractivity contribution in [3.63, 3.8) is 0 Å². The van der Waals surface area contributed by atoms with Gasteiger partial charge in [-0.2, -0.15) is 0 Å². The summed E-state index contributed by atoms with van der Waals surface area (Å²) in [6.07, 6.45) is 6.48. The number of hydrogen-bond donors (Lipinski definition) is 1. The van der Waals surface area contributed by atoms with Crippen LogP contribution in [0.15, 0.2) is 40.9 Å². The first-order valence-corrected chi connectivity index (χ1v) is 8.50.